The van der Waals surface area contributed by atoms with E-state index in [4.69, 9.17) is 0 Å². The van der Waals surface area contributed by atoms with Gasteiger partial charge < -0.3 is 4.40 Å². The Morgan fingerprint density at radius 2 is 1.62 bits per heavy atom. The molecular weight excluding hydrogens is 258 g/mol. The number of benzene rings is 2. The zero-order valence-electron chi connectivity index (χ0n) is 11.4. The maximum absolute atomic E-state index is 11.6. The molecule has 100 valence electrons. The van der Waals surface area contributed by atoms with E-state index in [1.165, 1.54) is 10.8 Å². The monoisotopic (exact) mass is 271 g/mol. The van der Waals surface area contributed by atoms with Gasteiger partial charge in [-0.25, -0.2) is 0 Å². The minimum atomic E-state index is 0.696. The van der Waals surface area contributed by atoms with Gasteiger partial charge in [-0.1, -0.05) is 48.5 Å². The van der Waals surface area contributed by atoms with E-state index in [0.29, 0.717) is 5.69 Å². The number of nitrogens with zero attached hydrogens (tertiary/aromatic N) is 1. The van der Waals surface area contributed by atoms with Crippen molar-refractivity contribution in [2.75, 3.05) is 0 Å². The van der Waals surface area contributed by atoms with Gasteiger partial charge in [0, 0.05) is 17.3 Å². The van der Waals surface area contributed by atoms with Crippen molar-refractivity contribution in [2.45, 2.75) is 0 Å². The predicted octanol–water partition coefficient (Wildman–Crippen LogP) is 4.57. The largest absolute Gasteiger partial charge is 0.314 e. The second kappa shape index (κ2) is 4.60. The zero-order valence-corrected chi connectivity index (χ0v) is 11.4. The molecule has 0 unspecified atom stereocenters. The van der Waals surface area contributed by atoms with Crippen LogP contribution in [0, 0.1) is 0 Å². The normalized spacial score (nSPS) is 11.0. The number of carbonyl (C=O) groups excluding carboxylic acids is 1. The van der Waals surface area contributed by atoms with Crippen LogP contribution in [0.25, 0.3) is 27.4 Å². The predicted molar refractivity (Wildman–Crippen MR) is 85.7 cm³/mol. The van der Waals surface area contributed by atoms with E-state index in [1.54, 1.807) is 0 Å². The molecule has 2 heteroatoms. The van der Waals surface area contributed by atoms with Gasteiger partial charge in [-0.2, -0.15) is 0 Å². The highest BCUT2D eigenvalue weighted by atomic mass is 16.1. The van der Waals surface area contributed by atoms with Crippen LogP contribution in [-0.2, 0) is 0 Å². The molecule has 21 heavy (non-hydrogen) atoms. The summed E-state index contributed by atoms with van der Waals surface area (Å²) in [6.45, 7) is 0. The Labute approximate surface area is 122 Å². The average Bonchev–Trinajstić information content (AvgIpc) is 2.92. The van der Waals surface area contributed by atoms with Crippen LogP contribution in [0.1, 0.15) is 10.5 Å². The Balaban J connectivity index is 2.11. The Kier molecular flexibility index (Phi) is 2.61. The Bertz CT molecular complexity index is 960. The molecule has 0 aliphatic rings. The Morgan fingerprint density at radius 3 is 2.52 bits per heavy atom. The van der Waals surface area contributed by atoms with E-state index in [9.17, 15) is 4.79 Å². The molecule has 4 aromatic rings. The molecule has 0 amide bonds. The average molecular weight is 271 g/mol. The van der Waals surface area contributed by atoms with Gasteiger partial charge >= 0.3 is 0 Å². The van der Waals surface area contributed by atoms with Gasteiger partial charge in [0.15, 0.2) is 6.29 Å². The minimum absolute atomic E-state index is 0.696. The molecule has 0 atom stereocenters. The number of hydrogen-bond donors (Lipinski definition) is 0. The topological polar surface area (TPSA) is 21.5 Å². The van der Waals surface area contributed by atoms with Crippen LogP contribution in [0.15, 0.2) is 72.9 Å². The molecule has 2 nitrogen and oxygen atoms in total. The standard InChI is InChI=1S/C19H13NO/c21-13-19-18(12-15-8-3-4-11-20(15)19)17-10-5-7-14-6-1-2-9-16(14)17/h1-13H. The molecule has 2 aromatic carbocycles. The van der Waals surface area contributed by atoms with Crippen LogP contribution in [-0.4, -0.2) is 10.7 Å². The first-order valence-electron chi connectivity index (χ1n) is 6.92. The fourth-order valence-electron chi connectivity index (χ4n) is 2.94. The number of aromatic nitrogens is 1. The lowest BCUT2D eigenvalue weighted by Crippen LogP contribution is -1.91. The van der Waals surface area contributed by atoms with Gasteiger partial charge in [0.05, 0.1) is 5.69 Å². The quantitative estimate of drug-likeness (QED) is 0.489. The molecule has 0 N–H and O–H groups in total. The molecule has 2 heterocycles. The second-order valence-corrected chi connectivity index (χ2v) is 5.08. The lowest BCUT2D eigenvalue weighted by Gasteiger charge is -2.06. The highest BCUT2D eigenvalue weighted by molar-refractivity contribution is 6.01. The highest BCUT2D eigenvalue weighted by Crippen LogP contribution is 2.32. The maximum atomic E-state index is 11.6. The number of pyridine rings is 1. The molecular formula is C19H13NO. The van der Waals surface area contributed by atoms with Gasteiger partial charge in [0.1, 0.15) is 0 Å². The van der Waals surface area contributed by atoms with Crippen LogP contribution in [0.5, 0.6) is 0 Å². The second-order valence-electron chi connectivity index (χ2n) is 5.08. The van der Waals surface area contributed by atoms with E-state index in [-0.39, 0.29) is 0 Å². The summed E-state index contributed by atoms with van der Waals surface area (Å²) in [5.41, 5.74) is 3.80. The van der Waals surface area contributed by atoms with Crippen molar-refractivity contribution in [3.05, 3.63) is 78.6 Å². The number of fused-ring (bicyclic) bond motifs is 2. The Morgan fingerprint density at radius 1 is 0.810 bits per heavy atom. The summed E-state index contributed by atoms with van der Waals surface area (Å²) in [4.78, 5) is 11.6. The molecule has 0 aliphatic heterocycles. The zero-order chi connectivity index (χ0) is 14.2. The summed E-state index contributed by atoms with van der Waals surface area (Å²) in [5.74, 6) is 0. The fourth-order valence-corrected chi connectivity index (χ4v) is 2.94. The van der Waals surface area contributed by atoms with Crippen LogP contribution < -0.4 is 0 Å². The van der Waals surface area contributed by atoms with Crippen molar-refractivity contribution < 1.29 is 4.79 Å². The van der Waals surface area contributed by atoms with Crippen LogP contribution in [0.2, 0.25) is 0 Å². The van der Waals surface area contributed by atoms with Gasteiger partial charge in [-0.3, -0.25) is 4.79 Å². The van der Waals surface area contributed by atoms with Crippen LogP contribution in [0.3, 0.4) is 0 Å². The summed E-state index contributed by atoms with van der Waals surface area (Å²) in [7, 11) is 0. The van der Waals surface area contributed by atoms with Crippen molar-refractivity contribution in [1.29, 1.82) is 0 Å². The molecule has 0 fully saturated rings. The van der Waals surface area contributed by atoms with Crippen molar-refractivity contribution in [1.82, 2.24) is 4.40 Å². The van der Waals surface area contributed by atoms with E-state index >= 15 is 0 Å². The molecule has 2 aromatic heterocycles. The molecule has 0 radical (unpaired) electrons. The molecule has 0 bridgehead atoms. The third-order valence-electron chi connectivity index (χ3n) is 3.91. The highest BCUT2D eigenvalue weighted by Gasteiger charge is 2.13. The third kappa shape index (κ3) is 1.77. The third-order valence-corrected chi connectivity index (χ3v) is 3.91. The van der Waals surface area contributed by atoms with Crippen molar-refractivity contribution in [3.63, 3.8) is 0 Å². The fraction of sp³-hybridized carbons (Fsp3) is 0. The van der Waals surface area contributed by atoms with Gasteiger partial charge in [0.2, 0.25) is 0 Å². The van der Waals surface area contributed by atoms with Gasteiger partial charge in [-0.05, 0) is 34.5 Å². The van der Waals surface area contributed by atoms with E-state index in [0.717, 1.165) is 22.9 Å². The van der Waals surface area contributed by atoms with E-state index in [2.05, 4.69) is 30.3 Å². The SMILES string of the molecule is O=Cc1c(-c2cccc3ccccc23)cc2ccccn12. The lowest BCUT2D eigenvalue weighted by atomic mass is 9.98. The first-order chi connectivity index (χ1) is 10.4. The number of carbonyl (C=O) groups is 1. The molecule has 0 aliphatic carbocycles. The lowest BCUT2D eigenvalue weighted by molar-refractivity contribution is 0.111. The summed E-state index contributed by atoms with van der Waals surface area (Å²) < 4.78 is 1.93. The van der Waals surface area contributed by atoms with E-state index in [1.807, 2.05) is 47.0 Å². The van der Waals surface area contributed by atoms with Gasteiger partial charge in [0.25, 0.3) is 0 Å². The number of aldehydes is 1. The first kappa shape index (κ1) is 11.9. The summed E-state index contributed by atoms with van der Waals surface area (Å²) >= 11 is 0. The maximum Gasteiger partial charge on any atom is 0.167 e. The molecule has 4 rings (SSSR count). The smallest absolute Gasteiger partial charge is 0.167 e. The van der Waals surface area contributed by atoms with E-state index < -0.39 is 0 Å². The minimum Gasteiger partial charge on any atom is -0.314 e. The summed E-state index contributed by atoms with van der Waals surface area (Å²) in [6, 6.07) is 22.5. The Hall–Kier alpha value is -2.87. The number of rotatable bonds is 2. The first-order valence-corrected chi connectivity index (χ1v) is 6.92. The van der Waals surface area contributed by atoms with Crippen molar-refractivity contribution in [2.24, 2.45) is 0 Å². The van der Waals surface area contributed by atoms with Crippen molar-refractivity contribution in [3.8, 4) is 11.1 Å². The summed E-state index contributed by atoms with van der Waals surface area (Å²) in [6.07, 6.45) is 2.86. The molecule has 0 saturated heterocycles. The molecule has 0 saturated carbocycles. The van der Waals surface area contributed by atoms with Gasteiger partial charge in [-0.15, -0.1) is 0 Å². The summed E-state index contributed by atoms with van der Waals surface area (Å²) in [5, 5.41) is 2.35. The van der Waals surface area contributed by atoms with Crippen LogP contribution in [0.4, 0.5) is 0 Å². The molecule has 0 spiro atoms. The van der Waals surface area contributed by atoms with Crippen LogP contribution >= 0.6 is 0 Å². The number of hydrogen-bond acceptors (Lipinski definition) is 1. The van der Waals surface area contributed by atoms with Crippen molar-refractivity contribution >= 4 is 22.6 Å².